The van der Waals surface area contributed by atoms with Gasteiger partial charge < -0.3 is 9.94 Å². The summed E-state index contributed by atoms with van der Waals surface area (Å²) < 4.78 is 6.42. The van der Waals surface area contributed by atoms with Crippen LogP contribution in [0.25, 0.3) is 0 Å². The minimum atomic E-state index is 0.335. The van der Waals surface area contributed by atoms with Crippen LogP contribution in [-0.4, -0.2) is 17.6 Å². The van der Waals surface area contributed by atoms with Gasteiger partial charge in [-0.25, -0.2) is 4.74 Å². The molecule has 0 aliphatic heterocycles. The summed E-state index contributed by atoms with van der Waals surface area (Å²) in [6.45, 7) is 2.85. The van der Waals surface area contributed by atoms with Gasteiger partial charge in [0.2, 0.25) is 0 Å². The number of hydrogen-bond donors (Lipinski definition) is 0. The van der Waals surface area contributed by atoms with Crippen LogP contribution in [0.1, 0.15) is 18.1 Å². The molecule has 0 atom stereocenters. The Balaban J connectivity index is 2.16. The Morgan fingerprint density at radius 3 is 2.47 bits per heavy atom. The molecule has 0 saturated carbocycles. The summed E-state index contributed by atoms with van der Waals surface area (Å²) in [6.07, 6.45) is 1.57. The van der Waals surface area contributed by atoms with Gasteiger partial charge in [-0.05, 0) is 19.1 Å². The van der Waals surface area contributed by atoms with Gasteiger partial charge in [0, 0.05) is 5.56 Å². The van der Waals surface area contributed by atoms with E-state index < -0.39 is 0 Å². The van der Waals surface area contributed by atoms with Crippen LogP contribution < -0.4 is 4.74 Å². The molecule has 2 rings (SSSR count). The fourth-order valence-electron chi connectivity index (χ4n) is 1.84. The van der Waals surface area contributed by atoms with Crippen LogP contribution >= 0.6 is 0 Å². The first-order valence-electron chi connectivity index (χ1n) is 6.34. The number of ether oxygens (including phenoxy) is 1. The second kappa shape index (κ2) is 6.59. The van der Waals surface area contributed by atoms with Gasteiger partial charge in [-0.1, -0.05) is 42.5 Å². The van der Waals surface area contributed by atoms with E-state index in [4.69, 9.17) is 4.74 Å². The summed E-state index contributed by atoms with van der Waals surface area (Å²) in [5.74, 6) is 0.735. The van der Waals surface area contributed by atoms with Crippen molar-refractivity contribution in [1.82, 2.24) is 0 Å². The van der Waals surface area contributed by atoms with E-state index in [2.05, 4.69) is 0 Å². The minimum Gasteiger partial charge on any atom is -0.624 e. The zero-order valence-corrected chi connectivity index (χ0v) is 11.0. The smallest absolute Gasteiger partial charge is 0.185 e. The molecule has 0 saturated heterocycles. The van der Waals surface area contributed by atoms with E-state index >= 15 is 0 Å². The molecule has 2 aromatic rings. The molecule has 19 heavy (non-hydrogen) atoms. The van der Waals surface area contributed by atoms with Crippen LogP contribution in [0, 0.1) is 5.21 Å². The SMILES string of the molecule is CCOc1ccccc1C=[N+]([O-])Cc1ccccc1. The molecule has 3 nitrogen and oxygen atoms in total. The van der Waals surface area contributed by atoms with Gasteiger partial charge in [0.15, 0.2) is 12.8 Å². The van der Waals surface area contributed by atoms with Crippen molar-refractivity contribution in [3.63, 3.8) is 0 Å². The van der Waals surface area contributed by atoms with E-state index in [0.717, 1.165) is 21.6 Å². The maximum atomic E-state index is 11.9. The van der Waals surface area contributed by atoms with E-state index in [1.807, 2.05) is 61.5 Å². The lowest BCUT2D eigenvalue weighted by Gasteiger charge is -2.07. The molecule has 0 fully saturated rings. The van der Waals surface area contributed by atoms with Crippen molar-refractivity contribution in [1.29, 1.82) is 0 Å². The monoisotopic (exact) mass is 255 g/mol. The van der Waals surface area contributed by atoms with Crippen molar-refractivity contribution in [2.75, 3.05) is 6.61 Å². The lowest BCUT2D eigenvalue weighted by Crippen LogP contribution is -2.07. The Hall–Kier alpha value is -2.29. The molecule has 0 heterocycles. The molecule has 0 aliphatic carbocycles. The zero-order valence-electron chi connectivity index (χ0n) is 11.0. The average molecular weight is 255 g/mol. The number of hydrogen-bond acceptors (Lipinski definition) is 2. The standard InChI is InChI=1S/C16H17NO2/c1-2-19-16-11-7-6-10-15(16)13-17(18)12-14-8-4-3-5-9-14/h3-11,13H,2,12H2,1H3. The summed E-state index contributed by atoms with van der Waals surface area (Å²) >= 11 is 0. The Kier molecular flexibility index (Phi) is 4.56. The number of rotatable bonds is 5. The van der Waals surface area contributed by atoms with Crippen molar-refractivity contribution < 1.29 is 9.48 Å². The van der Waals surface area contributed by atoms with Gasteiger partial charge in [-0.15, -0.1) is 0 Å². The van der Waals surface area contributed by atoms with Crippen LogP contribution in [0.3, 0.4) is 0 Å². The van der Waals surface area contributed by atoms with Crippen molar-refractivity contribution in [3.8, 4) is 5.75 Å². The van der Waals surface area contributed by atoms with Crippen molar-refractivity contribution in [3.05, 3.63) is 70.9 Å². The predicted octanol–water partition coefficient (Wildman–Crippen LogP) is 3.21. The molecular formula is C16H17NO2. The molecule has 0 spiro atoms. The molecule has 0 radical (unpaired) electrons. The fraction of sp³-hybridized carbons (Fsp3) is 0.188. The van der Waals surface area contributed by atoms with E-state index in [1.165, 1.54) is 0 Å². The van der Waals surface area contributed by atoms with Gasteiger partial charge in [0.25, 0.3) is 0 Å². The molecule has 0 amide bonds. The highest BCUT2D eigenvalue weighted by Gasteiger charge is 2.04. The first-order valence-corrected chi connectivity index (χ1v) is 6.34. The molecule has 0 N–H and O–H groups in total. The van der Waals surface area contributed by atoms with Crippen LogP contribution in [0.4, 0.5) is 0 Å². The van der Waals surface area contributed by atoms with Gasteiger partial charge in [0.05, 0.1) is 12.2 Å². The van der Waals surface area contributed by atoms with Crippen molar-refractivity contribution in [2.45, 2.75) is 13.5 Å². The highest BCUT2D eigenvalue weighted by Crippen LogP contribution is 2.15. The minimum absolute atomic E-state index is 0.335. The predicted molar refractivity (Wildman–Crippen MR) is 76.6 cm³/mol. The Bertz CT molecular complexity index is 550. The number of benzene rings is 2. The van der Waals surface area contributed by atoms with E-state index in [-0.39, 0.29) is 0 Å². The molecular weight excluding hydrogens is 238 g/mol. The number of nitrogens with zero attached hydrogens (tertiary/aromatic N) is 1. The summed E-state index contributed by atoms with van der Waals surface area (Å²) in [6, 6.07) is 17.2. The highest BCUT2D eigenvalue weighted by atomic mass is 16.5. The van der Waals surface area contributed by atoms with Gasteiger partial charge >= 0.3 is 0 Å². The maximum absolute atomic E-state index is 11.9. The average Bonchev–Trinajstić information content (AvgIpc) is 2.42. The topological polar surface area (TPSA) is 35.3 Å². The second-order valence-electron chi connectivity index (χ2n) is 4.16. The quantitative estimate of drug-likeness (QED) is 0.356. The normalized spacial score (nSPS) is 11.3. The largest absolute Gasteiger partial charge is 0.624 e. The summed E-state index contributed by atoms with van der Waals surface area (Å²) in [5.41, 5.74) is 1.79. The van der Waals surface area contributed by atoms with Crippen molar-refractivity contribution >= 4 is 6.21 Å². The molecule has 0 aliphatic rings. The zero-order chi connectivity index (χ0) is 13.5. The van der Waals surface area contributed by atoms with Gasteiger partial charge in [-0.2, -0.15) is 0 Å². The first-order chi connectivity index (χ1) is 9.29. The molecule has 0 unspecified atom stereocenters. The maximum Gasteiger partial charge on any atom is 0.185 e. The van der Waals surface area contributed by atoms with Gasteiger partial charge in [0.1, 0.15) is 5.75 Å². The summed E-state index contributed by atoms with van der Waals surface area (Å²) in [4.78, 5) is 0. The Labute approximate surface area is 113 Å². The summed E-state index contributed by atoms with van der Waals surface area (Å²) in [7, 11) is 0. The molecule has 3 heteroatoms. The lowest BCUT2D eigenvalue weighted by atomic mass is 10.2. The Morgan fingerprint density at radius 1 is 1.05 bits per heavy atom. The highest BCUT2D eigenvalue weighted by molar-refractivity contribution is 5.79. The third-order valence-corrected chi connectivity index (χ3v) is 2.68. The van der Waals surface area contributed by atoms with E-state index in [0.29, 0.717) is 13.2 Å². The fourth-order valence-corrected chi connectivity index (χ4v) is 1.84. The Morgan fingerprint density at radius 2 is 1.74 bits per heavy atom. The third-order valence-electron chi connectivity index (χ3n) is 2.68. The van der Waals surface area contributed by atoms with Crippen LogP contribution in [-0.2, 0) is 6.54 Å². The van der Waals surface area contributed by atoms with Crippen LogP contribution in [0.15, 0.2) is 54.6 Å². The van der Waals surface area contributed by atoms with Crippen molar-refractivity contribution in [2.24, 2.45) is 0 Å². The van der Waals surface area contributed by atoms with Crippen LogP contribution in [0.5, 0.6) is 5.75 Å². The molecule has 2 aromatic carbocycles. The number of hydroxylamine groups is 1. The lowest BCUT2D eigenvalue weighted by molar-refractivity contribution is -0.469. The van der Waals surface area contributed by atoms with Crippen LogP contribution in [0.2, 0.25) is 0 Å². The molecule has 98 valence electrons. The first kappa shape index (κ1) is 13.1. The third kappa shape index (κ3) is 3.85. The number of para-hydroxylation sites is 1. The van der Waals surface area contributed by atoms with E-state index in [1.54, 1.807) is 6.21 Å². The second-order valence-corrected chi connectivity index (χ2v) is 4.16. The van der Waals surface area contributed by atoms with E-state index in [9.17, 15) is 5.21 Å². The molecule has 0 bridgehead atoms. The molecule has 0 aromatic heterocycles. The summed E-state index contributed by atoms with van der Waals surface area (Å²) in [5, 5.41) is 11.9. The van der Waals surface area contributed by atoms with Gasteiger partial charge in [-0.3, -0.25) is 0 Å².